The fraction of sp³-hybridized carbons (Fsp3) is 0. The highest BCUT2D eigenvalue weighted by molar-refractivity contribution is 6.27. The van der Waals surface area contributed by atoms with E-state index in [-0.39, 0.29) is 0 Å². The molecule has 0 aliphatic heterocycles. The number of benzene rings is 9. The number of hydrogen-bond donors (Lipinski definition) is 0. The summed E-state index contributed by atoms with van der Waals surface area (Å²) >= 11 is 0. The van der Waals surface area contributed by atoms with Crippen LogP contribution in [0.15, 0.2) is 176 Å². The molecule has 0 unspecified atom stereocenters. The van der Waals surface area contributed by atoms with Crippen molar-refractivity contribution in [2.45, 2.75) is 0 Å². The molecule has 0 atom stereocenters. The molecular weight excluding hydrogens is 643 g/mol. The van der Waals surface area contributed by atoms with Gasteiger partial charge in [-0.2, -0.15) is 0 Å². The highest BCUT2D eigenvalue weighted by atomic mass is 15.0. The van der Waals surface area contributed by atoms with Gasteiger partial charge in [0.05, 0.1) is 28.8 Å². The summed E-state index contributed by atoms with van der Waals surface area (Å²) in [5, 5.41) is 13.1. The third kappa shape index (κ3) is 4.30. The van der Waals surface area contributed by atoms with E-state index in [0.29, 0.717) is 5.69 Å². The lowest BCUT2D eigenvalue weighted by molar-refractivity contribution is 1.18. The molecule has 9 aromatic carbocycles. The molecular formula is C50H29N3. The topological polar surface area (TPSA) is 22.2 Å². The molecule has 53 heavy (non-hydrogen) atoms. The third-order valence-corrected chi connectivity index (χ3v) is 11.0. The van der Waals surface area contributed by atoms with E-state index >= 15 is 0 Å². The largest absolute Gasteiger partial charge is 0.307 e. The van der Waals surface area contributed by atoms with Crippen LogP contribution >= 0.6 is 0 Å². The van der Waals surface area contributed by atoms with Crippen LogP contribution in [0.3, 0.4) is 0 Å². The monoisotopic (exact) mass is 671 g/mol. The lowest BCUT2D eigenvalue weighted by atomic mass is 9.83. The van der Waals surface area contributed by atoms with Crippen LogP contribution in [-0.4, -0.2) is 9.55 Å². The van der Waals surface area contributed by atoms with Crippen LogP contribution in [0.5, 0.6) is 0 Å². The molecule has 244 valence electrons. The minimum absolute atomic E-state index is 0.626. The third-order valence-electron chi connectivity index (χ3n) is 11.0. The fourth-order valence-electron chi connectivity index (χ4n) is 8.76. The van der Waals surface area contributed by atoms with E-state index < -0.39 is 0 Å². The number of para-hydroxylation sites is 1. The summed E-state index contributed by atoms with van der Waals surface area (Å²) in [4.78, 5) is 8.65. The smallest absolute Gasteiger partial charge is 0.188 e. The van der Waals surface area contributed by atoms with Crippen molar-refractivity contribution in [3.05, 3.63) is 187 Å². The predicted octanol–water partition coefficient (Wildman–Crippen LogP) is 13.8. The summed E-state index contributed by atoms with van der Waals surface area (Å²) in [5.74, 6) is 0. The summed E-state index contributed by atoms with van der Waals surface area (Å²) in [6, 6.07) is 61.0. The summed E-state index contributed by atoms with van der Waals surface area (Å²) < 4.78 is 2.31. The average molecular weight is 672 g/mol. The van der Waals surface area contributed by atoms with Gasteiger partial charge in [-0.05, 0) is 113 Å². The van der Waals surface area contributed by atoms with E-state index in [1.807, 2.05) is 24.4 Å². The summed E-state index contributed by atoms with van der Waals surface area (Å²) in [7, 11) is 0. The van der Waals surface area contributed by atoms with Crippen LogP contribution in [0.2, 0.25) is 0 Å². The number of fused-ring (bicyclic) bond motifs is 8. The van der Waals surface area contributed by atoms with Gasteiger partial charge in [-0.25, -0.2) is 4.85 Å². The lowest BCUT2D eigenvalue weighted by Gasteiger charge is -2.20. The van der Waals surface area contributed by atoms with Crippen LogP contribution in [0.4, 0.5) is 5.69 Å². The van der Waals surface area contributed by atoms with E-state index in [1.165, 1.54) is 59.8 Å². The zero-order valence-electron chi connectivity index (χ0n) is 28.6. The van der Waals surface area contributed by atoms with Crippen LogP contribution in [-0.2, 0) is 0 Å². The minimum Gasteiger partial charge on any atom is -0.307 e. The van der Waals surface area contributed by atoms with Gasteiger partial charge < -0.3 is 4.57 Å². The SMILES string of the molecule is [C-]#[N+]c1ccc2c(c1)c1cc(-c3c4ccccc4c(-c4c5ccccc5cc5ccccc45)c4ccccc34)ccc1n2-c1cccc2cccnc12. The average Bonchev–Trinajstić information content (AvgIpc) is 3.54. The molecule has 0 radical (unpaired) electrons. The summed E-state index contributed by atoms with van der Waals surface area (Å²) in [6.45, 7) is 7.86. The van der Waals surface area contributed by atoms with Crippen molar-refractivity contribution >= 4 is 81.5 Å². The van der Waals surface area contributed by atoms with E-state index in [0.717, 1.165) is 44.0 Å². The van der Waals surface area contributed by atoms with E-state index in [2.05, 4.69) is 161 Å². The van der Waals surface area contributed by atoms with Crippen molar-refractivity contribution in [3.8, 4) is 27.9 Å². The number of pyridine rings is 1. The van der Waals surface area contributed by atoms with Crippen LogP contribution in [0.1, 0.15) is 0 Å². The van der Waals surface area contributed by atoms with Crippen molar-refractivity contribution in [1.82, 2.24) is 9.55 Å². The van der Waals surface area contributed by atoms with Crippen molar-refractivity contribution in [2.75, 3.05) is 0 Å². The lowest BCUT2D eigenvalue weighted by Crippen LogP contribution is -1.96. The molecule has 0 spiro atoms. The van der Waals surface area contributed by atoms with Gasteiger partial charge in [-0.3, -0.25) is 4.98 Å². The first kappa shape index (κ1) is 29.5. The standard InChI is InChI=1S/C50H29N3/c1-51-35-24-26-45-43(30-35)42-29-34(23-25-44(42)53(45)46-22-10-14-31-15-11-27-52-50(31)46)47-38-18-6-8-20-40(38)49(41-21-9-7-19-39(41)47)48-36-16-4-2-12-32(36)28-33-13-3-5-17-37(33)48/h2-30H. The molecule has 0 amide bonds. The van der Waals surface area contributed by atoms with Crippen molar-refractivity contribution in [1.29, 1.82) is 0 Å². The van der Waals surface area contributed by atoms with Crippen LogP contribution in [0, 0.1) is 6.57 Å². The van der Waals surface area contributed by atoms with Gasteiger partial charge in [0, 0.05) is 17.0 Å². The van der Waals surface area contributed by atoms with Gasteiger partial charge in [-0.1, -0.05) is 127 Å². The second kappa shape index (κ2) is 11.4. The maximum absolute atomic E-state index is 7.86. The second-order valence-electron chi connectivity index (χ2n) is 13.8. The number of aromatic nitrogens is 2. The molecule has 0 fully saturated rings. The molecule has 3 heteroatoms. The maximum atomic E-state index is 7.86. The molecule has 11 rings (SSSR count). The van der Waals surface area contributed by atoms with Gasteiger partial charge >= 0.3 is 0 Å². The van der Waals surface area contributed by atoms with Gasteiger partial charge in [0.2, 0.25) is 0 Å². The first-order valence-corrected chi connectivity index (χ1v) is 17.9. The second-order valence-corrected chi connectivity index (χ2v) is 13.8. The Hall–Kier alpha value is -7.28. The number of rotatable bonds is 3. The van der Waals surface area contributed by atoms with E-state index in [9.17, 15) is 0 Å². The van der Waals surface area contributed by atoms with Gasteiger partial charge in [0.25, 0.3) is 0 Å². The normalized spacial score (nSPS) is 11.8. The fourth-order valence-corrected chi connectivity index (χ4v) is 8.76. The Bertz CT molecular complexity index is 3250. The predicted molar refractivity (Wildman–Crippen MR) is 223 cm³/mol. The Labute approximate surface area is 305 Å². The Morgan fingerprint density at radius 1 is 0.415 bits per heavy atom. The van der Waals surface area contributed by atoms with Crippen molar-refractivity contribution in [3.63, 3.8) is 0 Å². The molecule has 0 bridgehead atoms. The van der Waals surface area contributed by atoms with Crippen LogP contribution in [0.25, 0.3) is 109 Å². The maximum Gasteiger partial charge on any atom is 0.188 e. The number of hydrogen-bond acceptors (Lipinski definition) is 1. The highest BCUT2D eigenvalue weighted by Gasteiger charge is 2.22. The Morgan fingerprint density at radius 3 is 1.60 bits per heavy atom. The van der Waals surface area contributed by atoms with E-state index in [4.69, 9.17) is 11.6 Å². The Balaban J connectivity index is 1.26. The zero-order chi connectivity index (χ0) is 35.0. The minimum atomic E-state index is 0.626. The molecule has 2 aromatic heterocycles. The molecule has 0 saturated heterocycles. The van der Waals surface area contributed by atoms with Gasteiger partial charge in [0.1, 0.15) is 0 Å². The Morgan fingerprint density at radius 2 is 0.943 bits per heavy atom. The van der Waals surface area contributed by atoms with Crippen molar-refractivity contribution in [2.24, 2.45) is 0 Å². The first-order chi connectivity index (χ1) is 26.3. The van der Waals surface area contributed by atoms with Gasteiger partial charge in [-0.15, -0.1) is 0 Å². The summed E-state index contributed by atoms with van der Waals surface area (Å²) in [6.07, 6.45) is 1.86. The first-order valence-electron chi connectivity index (χ1n) is 17.9. The molecule has 11 aromatic rings. The molecule has 3 nitrogen and oxygen atoms in total. The molecule has 0 saturated carbocycles. The van der Waals surface area contributed by atoms with Gasteiger partial charge in [0.15, 0.2) is 5.69 Å². The molecule has 0 N–H and O–H groups in total. The molecule has 0 aliphatic carbocycles. The Kier molecular flexibility index (Phi) is 6.32. The zero-order valence-corrected chi connectivity index (χ0v) is 28.6. The molecule has 2 heterocycles. The highest BCUT2D eigenvalue weighted by Crippen LogP contribution is 2.48. The van der Waals surface area contributed by atoms with Crippen LogP contribution < -0.4 is 0 Å². The van der Waals surface area contributed by atoms with Crippen molar-refractivity contribution < 1.29 is 0 Å². The van der Waals surface area contributed by atoms with E-state index in [1.54, 1.807) is 0 Å². The molecule has 0 aliphatic rings. The quantitative estimate of drug-likeness (QED) is 0.135. The number of nitrogens with zero attached hydrogens (tertiary/aromatic N) is 3. The summed E-state index contributed by atoms with van der Waals surface area (Å²) in [5.41, 5.74) is 9.60.